The quantitative estimate of drug-likeness (QED) is 0.903. The molecule has 1 fully saturated rings. The van der Waals surface area contributed by atoms with Gasteiger partial charge in [-0.15, -0.1) is 0 Å². The van der Waals surface area contributed by atoms with E-state index in [0.29, 0.717) is 25.2 Å². The normalized spacial score (nSPS) is 24.8. The number of hydrogen-bond acceptors (Lipinski definition) is 3. The summed E-state index contributed by atoms with van der Waals surface area (Å²) in [6.07, 6.45) is 3.33. The summed E-state index contributed by atoms with van der Waals surface area (Å²) in [5.74, 6) is 0.844. The highest BCUT2D eigenvalue weighted by Gasteiger charge is 2.26. The summed E-state index contributed by atoms with van der Waals surface area (Å²) in [5, 5.41) is 10.3. The molecule has 0 radical (unpaired) electrons. The molecular formula is C18H29NO2. The molecule has 3 heteroatoms. The van der Waals surface area contributed by atoms with Gasteiger partial charge in [-0.3, -0.25) is 4.90 Å². The monoisotopic (exact) mass is 291 g/mol. The Balaban J connectivity index is 1.83. The van der Waals surface area contributed by atoms with Crippen LogP contribution in [0.1, 0.15) is 44.2 Å². The molecule has 1 aliphatic heterocycles. The fourth-order valence-corrected chi connectivity index (χ4v) is 3.13. The predicted molar refractivity (Wildman–Crippen MR) is 86.9 cm³/mol. The van der Waals surface area contributed by atoms with E-state index in [-0.39, 0.29) is 0 Å². The molecule has 1 heterocycles. The molecule has 1 N–H and O–H groups in total. The molecule has 0 aromatic heterocycles. The lowest BCUT2D eigenvalue weighted by Crippen LogP contribution is -2.48. The number of aliphatic hydroxyl groups is 1. The van der Waals surface area contributed by atoms with E-state index in [0.717, 1.165) is 5.75 Å². The van der Waals surface area contributed by atoms with E-state index in [1.807, 2.05) is 12.1 Å². The summed E-state index contributed by atoms with van der Waals surface area (Å²) in [6.45, 7) is 9.74. The number of piperidine rings is 1. The van der Waals surface area contributed by atoms with E-state index in [1.54, 1.807) is 0 Å². The summed E-state index contributed by atoms with van der Waals surface area (Å²) in [5.41, 5.74) is 2.49. The second-order valence-corrected chi connectivity index (χ2v) is 6.54. The van der Waals surface area contributed by atoms with Gasteiger partial charge in [0.25, 0.3) is 0 Å². The highest BCUT2D eigenvalue weighted by Crippen LogP contribution is 2.23. The standard InChI is InChI=1S/C18H29NO2/c1-13-8-9-18(10-14(13)2)21-12-17(20)11-19-15(3)6-5-7-16(19)4/h8-10,15-17,20H,5-7,11-12H2,1-4H3/t15-,16+,17-/m1/s1. The SMILES string of the molecule is Cc1ccc(OC[C@H](O)CN2[C@H](C)CCC[C@@H]2C)cc1C. The van der Waals surface area contributed by atoms with Crippen molar-refractivity contribution in [1.82, 2.24) is 4.90 Å². The van der Waals surface area contributed by atoms with Gasteiger partial charge in [-0.2, -0.15) is 0 Å². The van der Waals surface area contributed by atoms with Gasteiger partial charge in [-0.1, -0.05) is 12.5 Å². The van der Waals surface area contributed by atoms with Gasteiger partial charge < -0.3 is 9.84 Å². The summed E-state index contributed by atoms with van der Waals surface area (Å²) in [7, 11) is 0. The number of nitrogens with zero attached hydrogens (tertiary/aromatic N) is 1. The highest BCUT2D eigenvalue weighted by atomic mass is 16.5. The van der Waals surface area contributed by atoms with Crippen LogP contribution >= 0.6 is 0 Å². The van der Waals surface area contributed by atoms with E-state index in [9.17, 15) is 5.11 Å². The fraction of sp³-hybridized carbons (Fsp3) is 0.667. The molecule has 1 saturated heterocycles. The van der Waals surface area contributed by atoms with Gasteiger partial charge in [0.2, 0.25) is 0 Å². The summed E-state index contributed by atoms with van der Waals surface area (Å²) in [6, 6.07) is 7.19. The minimum Gasteiger partial charge on any atom is -0.491 e. The second-order valence-electron chi connectivity index (χ2n) is 6.54. The van der Waals surface area contributed by atoms with Crippen molar-refractivity contribution in [3.8, 4) is 5.75 Å². The van der Waals surface area contributed by atoms with Crippen molar-refractivity contribution in [3.05, 3.63) is 29.3 Å². The number of ether oxygens (including phenoxy) is 1. The predicted octanol–water partition coefficient (Wildman–Crippen LogP) is 3.31. The van der Waals surface area contributed by atoms with Crippen LogP contribution in [0.3, 0.4) is 0 Å². The van der Waals surface area contributed by atoms with Crippen LogP contribution in [0, 0.1) is 13.8 Å². The number of likely N-dealkylation sites (tertiary alicyclic amines) is 1. The van der Waals surface area contributed by atoms with Crippen LogP contribution in [0.15, 0.2) is 18.2 Å². The summed E-state index contributed by atoms with van der Waals surface area (Å²) < 4.78 is 5.74. The fourth-order valence-electron chi connectivity index (χ4n) is 3.13. The van der Waals surface area contributed by atoms with Crippen LogP contribution in [0.2, 0.25) is 0 Å². The van der Waals surface area contributed by atoms with Gasteiger partial charge in [0, 0.05) is 18.6 Å². The number of benzene rings is 1. The number of β-amino-alcohol motifs (C(OH)–C–C–N with tert-alkyl or cyclic N) is 1. The highest BCUT2D eigenvalue weighted by molar-refractivity contribution is 5.33. The third-order valence-electron chi connectivity index (χ3n) is 4.72. The third-order valence-corrected chi connectivity index (χ3v) is 4.72. The van der Waals surface area contributed by atoms with Crippen LogP contribution in [-0.2, 0) is 0 Å². The molecule has 1 aromatic rings. The molecule has 118 valence electrons. The lowest BCUT2D eigenvalue weighted by molar-refractivity contribution is 0.0209. The second kappa shape index (κ2) is 7.28. The summed E-state index contributed by atoms with van der Waals surface area (Å²) >= 11 is 0. The van der Waals surface area contributed by atoms with Crippen molar-refractivity contribution >= 4 is 0 Å². The molecule has 0 amide bonds. The van der Waals surface area contributed by atoms with Crippen molar-refractivity contribution < 1.29 is 9.84 Å². The third kappa shape index (κ3) is 4.45. The van der Waals surface area contributed by atoms with Gasteiger partial charge in [-0.05, 0) is 63.8 Å². The molecule has 0 spiro atoms. The first-order valence-corrected chi connectivity index (χ1v) is 8.11. The van der Waals surface area contributed by atoms with Crippen molar-refractivity contribution in [2.45, 2.75) is 65.1 Å². The van der Waals surface area contributed by atoms with E-state index in [4.69, 9.17) is 4.74 Å². The Morgan fingerprint density at radius 3 is 2.48 bits per heavy atom. The lowest BCUT2D eigenvalue weighted by atomic mass is 9.97. The van der Waals surface area contributed by atoms with Crippen LogP contribution in [-0.4, -0.2) is 41.3 Å². The van der Waals surface area contributed by atoms with Crippen LogP contribution < -0.4 is 4.74 Å². The Bertz CT molecular complexity index is 451. The van der Waals surface area contributed by atoms with Gasteiger partial charge in [0.15, 0.2) is 0 Å². The largest absolute Gasteiger partial charge is 0.491 e. The van der Waals surface area contributed by atoms with Crippen LogP contribution in [0.4, 0.5) is 0 Å². The topological polar surface area (TPSA) is 32.7 Å². The zero-order chi connectivity index (χ0) is 15.4. The zero-order valence-corrected chi connectivity index (χ0v) is 13.8. The molecule has 0 saturated carbocycles. The first kappa shape index (κ1) is 16.3. The molecule has 3 nitrogen and oxygen atoms in total. The molecule has 21 heavy (non-hydrogen) atoms. The Labute approximate surface area is 128 Å². The minimum atomic E-state index is -0.436. The molecule has 3 atom stereocenters. The smallest absolute Gasteiger partial charge is 0.119 e. The Morgan fingerprint density at radius 2 is 1.86 bits per heavy atom. The number of hydrogen-bond donors (Lipinski definition) is 1. The average Bonchev–Trinajstić information content (AvgIpc) is 2.44. The van der Waals surface area contributed by atoms with Crippen molar-refractivity contribution in [3.63, 3.8) is 0 Å². The number of aryl methyl sites for hydroxylation is 2. The Hall–Kier alpha value is -1.06. The molecule has 1 aromatic carbocycles. The first-order chi connectivity index (χ1) is 9.97. The molecule has 0 unspecified atom stereocenters. The van der Waals surface area contributed by atoms with Crippen molar-refractivity contribution in [2.24, 2.45) is 0 Å². The van der Waals surface area contributed by atoms with Gasteiger partial charge in [0.05, 0.1) is 0 Å². The minimum absolute atomic E-state index is 0.360. The maximum Gasteiger partial charge on any atom is 0.119 e. The number of rotatable bonds is 5. The average molecular weight is 291 g/mol. The maximum absolute atomic E-state index is 10.3. The molecule has 2 rings (SSSR count). The molecule has 1 aliphatic rings. The van der Waals surface area contributed by atoms with E-state index < -0.39 is 6.10 Å². The van der Waals surface area contributed by atoms with Crippen molar-refractivity contribution in [2.75, 3.05) is 13.2 Å². The van der Waals surface area contributed by atoms with Crippen molar-refractivity contribution in [1.29, 1.82) is 0 Å². The van der Waals surface area contributed by atoms with E-state index in [1.165, 1.54) is 30.4 Å². The van der Waals surface area contributed by atoms with Crippen LogP contribution in [0.5, 0.6) is 5.75 Å². The lowest BCUT2D eigenvalue weighted by Gasteiger charge is -2.40. The van der Waals surface area contributed by atoms with Crippen LogP contribution in [0.25, 0.3) is 0 Å². The zero-order valence-electron chi connectivity index (χ0n) is 13.8. The number of aliphatic hydroxyl groups excluding tert-OH is 1. The molecule has 0 bridgehead atoms. The van der Waals surface area contributed by atoms with E-state index >= 15 is 0 Å². The summed E-state index contributed by atoms with van der Waals surface area (Å²) in [4.78, 5) is 2.41. The van der Waals surface area contributed by atoms with E-state index in [2.05, 4.69) is 38.7 Å². The Morgan fingerprint density at radius 1 is 1.19 bits per heavy atom. The van der Waals surface area contributed by atoms with Gasteiger partial charge in [-0.25, -0.2) is 0 Å². The maximum atomic E-state index is 10.3. The Kier molecular flexibility index (Phi) is 5.65. The molecular weight excluding hydrogens is 262 g/mol. The van der Waals surface area contributed by atoms with Gasteiger partial charge in [0.1, 0.15) is 18.5 Å². The van der Waals surface area contributed by atoms with Gasteiger partial charge >= 0.3 is 0 Å². The first-order valence-electron chi connectivity index (χ1n) is 8.11. The molecule has 0 aliphatic carbocycles.